The number of para-hydroxylation sites is 1. The summed E-state index contributed by atoms with van der Waals surface area (Å²) >= 11 is 0. The van der Waals surface area contributed by atoms with Crippen molar-refractivity contribution in [1.29, 1.82) is 0 Å². The molecule has 0 unspecified atom stereocenters. The highest BCUT2D eigenvalue weighted by atomic mass is 19.3. The molecule has 0 amide bonds. The van der Waals surface area contributed by atoms with Crippen LogP contribution in [0.4, 0.5) is 8.78 Å². The van der Waals surface area contributed by atoms with E-state index in [1.165, 1.54) is 13.0 Å². The fraction of sp³-hybridized carbons (Fsp3) is 0.450. The van der Waals surface area contributed by atoms with E-state index in [2.05, 4.69) is 0 Å². The number of ketones is 1. The minimum atomic E-state index is -2.93. The Kier molecular flexibility index (Phi) is 6.64. The number of aryl methyl sites for hydroxylation is 1. The predicted molar refractivity (Wildman–Crippen MR) is 103 cm³/mol. The van der Waals surface area contributed by atoms with Crippen molar-refractivity contribution >= 4 is 18.9 Å². The minimum Gasteiger partial charge on any atom is -0.535 e. The molecule has 2 aromatic rings. The van der Waals surface area contributed by atoms with Crippen LogP contribution in [0.3, 0.4) is 0 Å². The molecule has 3 rings (SSSR count). The molecule has 1 aliphatic rings. The summed E-state index contributed by atoms with van der Waals surface area (Å²) in [5, 5.41) is 10.3. The first-order chi connectivity index (χ1) is 14.5. The Bertz CT molecular complexity index is 1020. The number of carbonyl (C=O) groups is 2. The molecule has 0 saturated carbocycles. The van der Waals surface area contributed by atoms with Crippen LogP contribution in [-0.2, 0) is 22.6 Å². The molecule has 2 heterocycles. The number of fused-ring (bicyclic) bond motifs is 1. The standard InChI is InChI=1S/C20H21BF2O8/c1-11-16(30-19(26)29-11)10-28-18(25)15-5-3-4-12-8-13(21(27)31-17(12)15)9-14(24)6-7-20(2,22)23/h3-5,13,27H,6-10H2,1-2H3/t13-/m1/s1. The van der Waals surface area contributed by atoms with Crippen molar-refractivity contribution in [2.45, 2.75) is 57.9 Å². The molecule has 1 atom stereocenters. The predicted octanol–water partition coefficient (Wildman–Crippen LogP) is 3.08. The fourth-order valence-electron chi connectivity index (χ4n) is 3.29. The van der Waals surface area contributed by atoms with E-state index in [0.29, 0.717) is 5.56 Å². The van der Waals surface area contributed by atoms with Crippen molar-refractivity contribution in [3.63, 3.8) is 0 Å². The topological polar surface area (TPSA) is 116 Å². The summed E-state index contributed by atoms with van der Waals surface area (Å²) in [7, 11) is -1.39. The van der Waals surface area contributed by atoms with Gasteiger partial charge in [0.25, 0.3) is 0 Å². The molecule has 1 aliphatic heterocycles. The number of rotatable bonds is 8. The van der Waals surface area contributed by atoms with E-state index in [1.54, 1.807) is 12.1 Å². The van der Waals surface area contributed by atoms with Gasteiger partial charge < -0.3 is 23.2 Å². The van der Waals surface area contributed by atoms with E-state index in [4.69, 9.17) is 18.2 Å². The van der Waals surface area contributed by atoms with Crippen LogP contribution in [0.5, 0.6) is 5.75 Å². The summed E-state index contributed by atoms with van der Waals surface area (Å²) in [5.74, 6) is -5.26. The molecule has 1 N–H and O–H groups in total. The van der Waals surface area contributed by atoms with E-state index in [0.717, 1.165) is 6.92 Å². The maximum atomic E-state index is 13.0. The third-order valence-corrected chi connectivity index (χ3v) is 4.94. The zero-order chi connectivity index (χ0) is 22.8. The van der Waals surface area contributed by atoms with Crippen molar-refractivity contribution in [1.82, 2.24) is 0 Å². The number of halogens is 2. The van der Waals surface area contributed by atoms with Crippen molar-refractivity contribution < 1.29 is 41.6 Å². The Hall–Kier alpha value is -2.95. The molecular weight excluding hydrogens is 417 g/mol. The molecule has 0 spiro atoms. The van der Waals surface area contributed by atoms with Crippen LogP contribution in [0.2, 0.25) is 5.82 Å². The second kappa shape index (κ2) is 9.05. The Morgan fingerprint density at radius 3 is 2.71 bits per heavy atom. The Morgan fingerprint density at radius 1 is 1.32 bits per heavy atom. The third-order valence-electron chi connectivity index (χ3n) is 4.94. The van der Waals surface area contributed by atoms with Crippen LogP contribution in [0.15, 0.2) is 31.8 Å². The summed E-state index contributed by atoms with van der Waals surface area (Å²) < 4.78 is 46.0. The summed E-state index contributed by atoms with van der Waals surface area (Å²) in [5.41, 5.74) is 0.625. The molecule has 1 aromatic carbocycles. The van der Waals surface area contributed by atoms with Gasteiger partial charge in [0, 0.05) is 25.1 Å². The normalized spacial score (nSPS) is 15.9. The molecular formula is C20H21BF2O8. The van der Waals surface area contributed by atoms with Gasteiger partial charge in [-0.3, -0.25) is 4.79 Å². The van der Waals surface area contributed by atoms with Crippen LogP contribution >= 0.6 is 0 Å². The molecule has 0 aliphatic carbocycles. The van der Waals surface area contributed by atoms with Crippen molar-refractivity contribution in [2.24, 2.45) is 0 Å². The molecule has 0 fully saturated rings. The molecule has 31 heavy (non-hydrogen) atoms. The van der Waals surface area contributed by atoms with Crippen molar-refractivity contribution in [3.05, 3.63) is 51.5 Å². The minimum absolute atomic E-state index is 0.0513. The van der Waals surface area contributed by atoms with Gasteiger partial charge in [-0.05, 0) is 31.9 Å². The lowest BCUT2D eigenvalue weighted by molar-refractivity contribution is -0.121. The highest BCUT2D eigenvalue weighted by Gasteiger charge is 2.38. The number of benzene rings is 1. The molecule has 11 heteroatoms. The van der Waals surface area contributed by atoms with E-state index in [9.17, 15) is 28.2 Å². The third kappa shape index (κ3) is 5.81. The molecule has 166 valence electrons. The number of hydrogen-bond acceptors (Lipinski definition) is 8. The molecule has 0 radical (unpaired) electrons. The number of Topliss-reactive ketones (excluding diaryl/α,β-unsaturated/α-hetero) is 1. The first-order valence-electron chi connectivity index (χ1n) is 9.66. The van der Waals surface area contributed by atoms with Crippen LogP contribution in [-0.4, -0.2) is 29.8 Å². The van der Waals surface area contributed by atoms with Gasteiger partial charge in [-0.15, -0.1) is 0 Å². The zero-order valence-corrected chi connectivity index (χ0v) is 17.0. The Balaban J connectivity index is 1.67. The van der Waals surface area contributed by atoms with Crippen LogP contribution < -0.4 is 10.5 Å². The highest BCUT2D eigenvalue weighted by molar-refractivity contribution is 6.47. The monoisotopic (exact) mass is 438 g/mol. The van der Waals surface area contributed by atoms with Gasteiger partial charge in [-0.25, -0.2) is 18.4 Å². The summed E-state index contributed by atoms with van der Waals surface area (Å²) in [6.07, 6.45) is -0.750. The lowest BCUT2D eigenvalue weighted by atomic mass is 9.64. The van der Waals surface area contributed by atoms with E-state index >= 15 is 0 Å². The number of ether oxygens (including phenoxy) is 1. The first-order valence-corrected chi connectivity index (χ1v) is 9.66. The maximum Gasteiger partial charge on any atom is 0.526 e. The van der Waals surface area contributed by atoms with Gasteiger partial charge in [0.15, 0.2) is 18.1 Å². The maximum absolute atomic E-state index is 13.0. The van der Waals surface area contributed by atoms with Crippen LogP contribution in [0.1, 0.15) is 53.6 Å². The van der Waals surface area contributed by atoms with Crippen LogP contribution in [0.25, 0.3) is 0 Å². The smallest absolute Gasteiger partial charge is 0.526 e. The Labute approximate surface area is 176 Å². The number of esters is 1. The zero-order valence-electron chi connectivity index (χ0n) is 17.0. The van der Waals surface area contributed by atoms with Gasteiger partial charge >= 0.3 is 18.9 Å². The Morgan fingerprint density at radius 2 is 2.06 bits per heavy atom. The number of hydrogen-bond donors (Lipinski definition) is 1. The molecule has 8 nitrogen and oxygen atoms in total. The van der Waals surface area contributed by atoms with E-state index in [-0.39, 0.29) is 48.7 Å². The van der Waals surface area contributed by atoms with Crippen molar-refractivity contribution in [2.75, 3.05) is 0 Å². The second-order valence-electron chi connectivity index (χ2n) is 7.59. The average molecular weight is 438 g/mol. The van der Waals surface area contributed by atoms with Gasteiger partial charge in [-0.1, -0.05) is 12.1 Å². The molecule has 0 bridgehead atoms. The largest absolute Gasteiger partial charge is 0.535 e. The summed E-state index contributed by atoms with van der Waals surface area (Å²) in [6, 6.07) is 4.71. The van der Waals surface area contributed by atoms with E-state index < -0.39 is 42.9 Å². The van der Waals surface area contributed by atoms with Gasteiger partial charge in [-0.2, -0.15) is 0 Å². The molecule has 0 saturated heterocycles. The lowest BCUT2D eigenvalue weighted by Gasteiger charge is -2.28. The molecule has 1 aromatic heterocycles. The second-order valence-corrected chi connectivity index (χ2v) is 7.59. The highest BCUT2D eigenvalue weighted by Crippen LogP contribution is 2.37. The van der Waals surface area contributed by atoms with E-state index in [1.807, 2.05) is 0 Å². The summed E-state index contributed by atoms with van der Waals surface area (Å²) in [4.78, 5) is 35.6. The van der Waals surface area contributed by atoms with Gasteiger partial charge in [0.05, 0.1) is 0 Å². The number of alkyl halides is 2. The average Bonchev–Trinajstić information content (AvgIpc) is 3.01. The van der Waals surface area contributed by atoms with Gasteiger partial charge in [0.1, 0.15) is 17.1 Å². The van der Waals surface area contributed by atoms with Gasteiger partial charge in [0.2, 0.25) is 5.92 Å². The quantitative estimate of drug-likeness (QED) is 0.494. The van der Waals surface area contributed by atoms with Crippen LogP contribution in [0, 0.1) is 6.92 Å². The number of carbonyl (C=O) groups excluding carboxylic acids is 2. The van der Waals surface area contributed by atoms with Crippen molar-refractivity contribution in [3.8, 4) is 5.75 Å². The first kappa shape index (κ1) is 22.7. The lowest BCUT2D eigenvalue weighted by Crippen LogP contribution is -2.36. The summed E-state index contributed by atoms with van der Waals surface area (Å²) in [6.45, 7) is 1.90. The SMILES string of the molecule is Cc1oc(=O)oc1COC(=O)c1cccc2c1OB(O)[C@@H](CC(=O)CCC(C)(F)F)C2. The fourth-order valence-corrected chi connectivity index (χ4v) is 3.29.